The molecule has 0 spiro atoms. The lowest BCUT2D eigenvalue weighted by atomic mass is 9.85. The van der Waals surface area contributed by atoms with E-state index in [-0.39, 0.29) is 12.1 Å². The minimum absolute atomic E-state index is 0.0290. The van der Waals surface area contributed by atoms with Crippen LogP contribution in [0.5, 0.6) is 0 Å². The zero-order chi connectivity index (χ0) is 25.3. The highest BCUT2D eigenvalue weighted by Crippen LogP contribution is 2.38. The van der Waals surface area contributed by atoms with E-state index in [1.54, 1.807) is 0 Å². The highest BCUT2D eigenvalue weighted by Gasteiger charge is 2.30. The number of hydrogen-bond donors (Lipinski definition) is 4. The molecule has 0 saturated heterocycles. The summed E-state index contributed by atoms with van der Waals surface area (Å²) >= 11 is 6.69. The van der Waals surface area contributed by atoms with Crippen LogP contribution in [0.25, 0.3) is 0 Å². The molecule has 2 unspecified atom stereocenters. The van der Waals surface area contributed by atoms with E-state index >= 15 is 0 Å². The lowest BCUT2D eigenvalue weighted by Gasteiger charge is -2.22. The SMILES string of the molecule is CN=C(/C(=C1/C=C(C(NCC2=CCCC=C2)NNC(C)=S)SC1=N)C1C=C=CC=C1)c1ccccc1. The molecule has 2 atom stereocenters. The van der Waals surface area contributed by atoms with Crippen LogP contribution in [0.4, 0.5) is 0 Å². The summed E-state index contributed by atoms with van der Waals surface area (Å²) in [6, 6.07) is 10.2. The standard InChI is InChI=1S/C29H31N5S2/c1-20(35)33-34-29(32-19-21-12-6-3-7-13-21)25-18-24(28(30)36-25)26(22-14-8-4-9-15-22)27(31-2)23-16-10-5-11-17-23/h4-6,8,10-18,22,29-30,32,34H,3,7,19H2,1-2H3,(H,33,35)/b26-24-,30-28?,31-27?. The van der Waals surface area contributed by atoms with Gasteiger partial charge in [0.05, 0.1) is 15.7 Å². The molecule has 0 radical (unpaired) electrons. The molecule has 0 amide bonds. The van der Waals surface area contributed by atoms with Crippen molar-refractivity contribution in [3.05, 3.63) is 112 Å². The lowest BCUT2D eigenvalue weighted by molar-refractivity contribution is 0.485. The minimum Gasteiger partial charge on any atom is -0.314 e. The van der Waals surface area contributed by atoms with Crippen molar-refractivity contribution in [2.75, 3.05) is 13.6 Å². The number of hydrazine groups is 1. The van der Waals surface area contributed by atoms with Gasteiger partial charge in [0.2, 0.25) is 0 Å². The van der Waals surface area contributed by atoms with Crippen LogP contribution in [-0.4, -0.2) is 35.5 Å². The molecule has 5 nitrogen and oxygen atoms in total. The normalized spacial score (nSPS) is 21.3. The van der Waals surface area contributed by atoms with Gasteiger partial charge in [0, 0.05) is 30.0 Å². The molecule has 1 aliphatic heterocycles. The summed E-state index contributed by atoms with van der Waals surface area (Å²) in [7, 11) is 1.81. The second-order valence-corrected chi connectivity index (χ2v) is 10.2. The highest BCUT2D eigenvalue weighted by atomic mass is 32.2. The molecule has 36 heavy (non-hydrogen) atoms. The molecular formula is C29H31N5S2. The molecule has 7 heteroatoms. The predicted octanol–water partition coefficient (Wildman–Crippen LogP) is 5.54. The smallest absolute Gasteiger partial charge is 0.107 e. The number of thiocarbonyl (C=S) groups is 1. The molecule has 1 aromatic carbocycles. The quantitative estimate of drug-likeness (QED) is 0.115. The van der Waals surface area contributed by atoms with Crippen molar-refractivity contribution in [2.45, 2.75) is 25.9 Å². The number of aliphatic imine (C=N–C) groups is 1. The van der Waals surface area contributed by atoms with Gasteiger partial charge in [-0.05, 0) is 54.7 Å². The molecule has 0 saturated carbocycles. The fourth-order valence-electron chi connectivity index (χ4n) is 4.26. The van der Waals surface area contributed by atoms with Crippen LogP contribution in [0.2, 0.25) is 0 Å². The number of nitrogens with one attached hydrogen (secondary N) is 4. The first-order valence-electron chi connectivity index (χ1n) is 12.0. The Balaban J connectivity index is 1.73. The molecule has 3 aliphatic rings. The Kier molecular flexibility index (Phi) is 9.23. The maximum atomic E-state index is 8.96. The van der Waals surface area contributed by atoms with Crippen LogP contribution in [0.1, 0.15) is 25.3 Å². The monoisotopic (exact) mass is 513 g/mol. The third-order valence-corrected chi connectivity index (χ3v) is 7.06. The van der Waals surface area contributed by atoms with Gasteiger partial charge in [0.15, 0.2) is 0 Å². The number of thioether (sulfide) groups is 1. The molecule has 184 valence electrons. The van der Waals surface area contributed by atoms with Gasteiger partial charge in [-0.1, -0.05) is 84.7 Å². The summed E-state index contributed by atoms with van der Waals surface area (Å²) in [5.74, 6) is -0.0290. The Morgan fingerprint density at radius 3 is 2.78 bits per heavy atom. The van der Waals surface area contributed by atoms with Gasteiger partial charge in [-0.15, -0.1) is 5.73 Å². The van der Waals surface area contributed by atoms with Gasteiger partial charge in [0.1, 0.15) is 6.17 Å². The van der Waals surface area contributed by atoms with Crippen molar-refractivity contribution in [3.63, 3.8) is 0 Å². The Hall–Kier alpha value is -3.06. The van der Waals surface area contributed by atoms with Crippen LogP contribution in [0, 0.1) is 11.3 Å². The van der Waals surface area contributed by atoms with Crippen molar-refractivity contribution in [2.24, 2.45) is 10.9 Å². The second kappa shape index (κ2) is 12.8. The van der Waals surface area contributed by atoms with Crippen LogP contribution in [0.15, 0.2) is 111 Å². The van der Waals surface area contributed by atoms with Crippen LogP contribution in [-0.2, 0) is 0 Å². The van der Waals surface area contributed by atoms with Gasteiger partial charge >= 0.3 is 0 Å². The Labute approximate surface area is 223 Å². The summed E-state index contributed by atoms with van der Waals surface area (Å²) in [6.07, 6.45) is 18.8. The largest absolute Gasteiger partial charge is 0.314 e. The first-order valence-corrected chi connectivity index (χ1v) is 13.2. The Bertz CT molecular complexity index is 1260. The summed E-state index contributed by atoms with van der Waals surface area (Å²) < 4.78 is 0. The fourth-order valence-corrected chi connectivity index (χ4v) is 5.27. The molecule has 1 heterocycles. The average Bonchev–Trinajstić information content (AvgIpc) is 3.29. The van der Waals surface area contributed by atoms with Gasteiger partial charge in [-0.3, -0.25) is 15.7 Å². The van der Waals surface area contributed by atoms with E-state index in [9.17, 15) is 0 Å². The third-order valence-electron chi connectivity index (χ3n) is 5.95. The van der Waals surface area contributed by atoms with Gasteiger partial charge in [0.25, 0.3) is 0 Å². The van der Waals surface area contributed by atoms with Gasteiger partial charge < -0.3 is 5.43 Å². The average molecular weight is 514 g/mol. The Morgan fingerprint density at radius 1 is 1.28 bits per heavy atom. The van der Waals surface area contributed by atoms with E-state index in [1.807, 2.05) is 50.4 Å². The van der Waals surface area contributed by atoms with E-state index in [2.05, 4.69) is 64.4 Å². The Morgan fingerprint density at radius 2 is 2.11 bits per heavy atom. The summed E-state index contributed by atoms with van der Waals surface area (Å²) in [5.41, 5.74) is 14.6. The molecule has 0 bridgehead atoms. The van der Waals surface area contributed by atoms with Crippen LogP contribution < -0.4 is 16.2 Å². The van der Waals surface area contributed by atoms with Crippen LogP contribution in [0.3, 0.4) is 0 Å². The topological polar surface area (TPSA) is 72.3 Å². The van der Waals surface area contributed by atoms with Gasteiger partial charge in [-0.2, -0.15) is 0 Å². The maximum absolute atomic E-state index is 8.96. The van der Waals surface area contributed by atoms with Crippen molar-refractivity contribution in [3.8, 4) is 0 Å². The minimum atomic E-state index is -0.223. The van der Waals surface area contributed by atoms with E-state index in [0.717, 1.165) is 40.2 Å². The zero-order valence-corrected chi connectivity index (χ0v) is 22.2. The number of nitrogens with zero attached hydrogens (tertiary/aromatic N) is 1. The predicted molar refractivity (Wildman–Crippen MR) is 157 cm³/mol. The molecule has 4 N–H and O–H groups in total. The molecule has 4 rings (SSSR count). The number of allylic oxidation sites excluding steroid dienone is 7. The van der Waals surface area contributed by atoms with Gasteiger partial charge in [-0.25, -0.2) is 5.43 Å². The first kappa shape index (κ1) is 26.0. The third kappa shape index (κ3) is 6.58. The number of rotatable bonds is 9. The molecule has 0 aromatic heterocycles. The van der Waals surface area contributed by atoms with Crippen LogP contribution >= 0.6 is 24.0 Å². The molecule has 1 aromatic rings. The van der Waals surface area contributed by atoms with E-state index in [1.165, 1.54) is 17.3 Å². The lowest BCUT2D eigenvalue weighted by Crippen LogP contribution is -2.51. The van der Waals surface area contributed by atoms with E-state index in [4.69, 9.17) is 22.6 Å². The molecule has 0 fully saturated rings. The van der Waals surface area contributed by atoms with Crippen molar-refractivity contribution in [1.82, 2.24) is 16.2 Å². The van der Waals surface area contributed by atoms with Crippen molar-refractivity contribution < 1.29 is 0 Å². The second-order valence-electron chi connectivity index (χ2n) is 8.55. The summed E-state index contributed by atoms with van der Waals surface area (Å²) in [5, 5.41) is 13.1. The zero-order valence-electron chi connectivity index (χ0n) is 20.5. The summed E-state index contributed by atoms with van der Waals surface area (Å²) in [6.45, 7) is 2.56. The number of hydrogen-bond acceptors (Lipinski definition) is 6. The first-order chi connectivity index (χ1) is 17.6. The fraction of sp³-hybridized carbons (Fsp3) is 0.241. The maximum Gasteiger partial charge on any atom is 0.107 e. The summed E-state index contributed by atoms with van der Waals surface area (Å²) in [4.78, 5) is 6.35. The van der Waals surface area contributed by atoms with E-state index < -0.39 is 0 Å². The number of benzene rings is 1. The van der Waals surface area contributed by atoms with E-state index in [0.29, 0.717) is 16.6 Å². The highest BCUT2D eigenvalue weighted by molar-refractivity contribution is 8.18. The van der Waals surface area contributed by atoms with Crippen molar-refractivity contribution in [1.29, 1.82) is 5.41 Å². The molecule has 2 aliphatic carbocycles. The molecular weight excluding hydrogens is 482 g/mol. The van der Waals surface area contributed by atoms with Crippen molar-refractivity contribution >= 4 is 39.7 Å².